The molecule has 0 heterocycles. The fraction of sp³-hybridized carbons (Fsp3) is 0.368. The Morgan fingerprint density at radius 2 is 2.13 bits per heavy atom. The molecule has 122 valence electrons. The fourth-order valence-corrected chi connectivity index (χ4v) is 3.30. The van der Waals surface area contributed by atoms with Crippen LogP contribution in [0, 0.1) is 0 Å². The first-order chi connectivity index (χ1) is 11.2. The molecule has 4 heteroatoms. The highest BCUT2D eigenvalue weighted by Gasteiger charge is 2.23. The smallest absolute Gasteiger partial charge is 0.0637 e. The molecule has 0 saturated carbocycles. The third-order valence-corrected chi connectivity index (χ3v) is 4.68. The molecule has 1 aliphatic rings. The van der Waals surface area contributed by atoms with Crippen molar-refractivity contribution in [1.29, 1.82) is 0 Å². The van der Waals surface area contributed by atoms with Crippen LogP contribution in [0.4, 0.5) is 11.4 Å². The Labute approximate surface area is 143 Å². The van der Waals surface area contributed by atoms with E-state index in [1.165, 1.54) is 16.8 Å². The van der Waals surface area contributed by atoms with Gasteiger partial charge in [-0.15, -0.1) is 0 Å². The molecule has 3 nitrogen and oxygen atoms in total. The van der Waals surface area contributed by atoms with Gasteiger partial charge in [-0.2, -0.15) is 0 Å². The number of nitrogens with zero attached hydrogens (tertiary/aromatic N) is 1. The van der Waals surface area contributed by atoms with Crippen LogP contribution in [0.2, 0.25) is 5.02 Å². The largest absolute Gasteiger partial charge is 0.383 e. The zero-order chi connectivity index (χ0) is 16.2. The van der Waals surface area contributed by atoms with Gasteiger partial charge in [0, 0.05) is 37.1 Å². The minimum absolute atomic E-state index is 0.347. The molecule has 0 aliphatic heterocycles. The summed E-state index contributed by atoms with van der Waals surface area (Å²) in [5, 5.41) is 4.38. The van der Waals surface area contributed by atoms with Crippen LogP contribution in [-0.2, 0) is 11.2 Å². The zero-order valence-electron chi connectivity index (χ0n) is 13.7. The summed E-state index contributed by atoms with van der Waals surface area (Å²) >= 11 is 6.09. The third kappa shape index (κ3) is 3.80. The number of ether oxygens (including phenoxy) is 1. The summed E-state index contributed by atoms with van der Waals surface area (Å²) in [6, 6.07) is 15.0. The second-order valence-electron chi connectivity index (χ2n) is 6.04. The molecule has 0 saturated heterocycles. The fourth-order valence-electron chi connectivity index (χ4n) is 3.11. The lowest BCUT2D eigenvalue weighted by Crippen LogP contribution is -2.22. The predicted molar refractivity (Wildman–Crippen MR) is 97.7 cm³/mol. The van der Waals surface area contributed by atoms with Gasteiger partial charge in [-0.05, 0) is 54.3 Å². The maximum atomic E-state index is 6.09. The number of halogens is 1. The van der Waals surface area contributed by atoms with Gasteiger partial charge in [0.2, 0.25) is 0 Å². The lowest BCUT2D eigenvalue weighted by Gasteiger charge is -2.21. The van der Waals surface area contributed by atoms with Crippen molar-refractivity contribution < 1.29 is 4.74 Å². The van der Waals surface area contributed by atoms with Crippen LogP contribution >= 0.6 is 11.6 Å². The van der Waals surface area contributed by atoms with Crippen LogP contribution in [0.15, 0.2) is 42.5 Å². The highest BCUT2D eigenvalue weighted by atomic mass is 35.5. The van der Waals surface area contributed by atoms with E-state index >= 15 is 0 Å². The second-order valence-corrected chi connectivity index (χ2v) is 6.48. The first-order valence-electron chi connectivity index (χ1n) is 8.02. The highest BCUT2D eigenvalue weighted by molar-refractivity contribution is 6.30. The average Bonchev–Trinajstić information content (AvgIpc) is 2.95. The number of hydrogen-bond donors (Lipinski definition) is 1. The molecule has 0 spiro atoms. The normalized spacial score (nSPS) is 16.2. The summed E-state index contributed by atoms with van der Waals surface area (Å²) in [4.78, 5) is 2.23. The van der Waals surface area contributed by atoms with Crippen molar-refractivity contribution in [2.45, 2.75) is 18.9 Å². The lowest BCUT2D eigenvalue weighted by atomic mass is 10.1. The Hall–Kier alpha value is -1.71. The predicted octanol–water partition coefficient (Wildman–Crippen LogP) is 4.52. The molecule has 23 heavy (non-hydrogen) atoms. The maximum absolute atomic E-state index is 6.09. The van der Waals surface area contributed by atoms with Crippen molar-refractivity contribution in [3.8, 4) is 0 Å². The van der Waals surface area contributed by atoms with Crippen molar-refractivity contribution in [2.24, 2.45) is 0 Å². The number of methoxy groups -OCH3 is 1. The number of benzene rings is 2. The molecule has 3 rings (SSSR count). The Balaban J connectivity index is 1.78. The minimum Gasteiger partial charge on any atom is -0.383 e. The monoisotopic (exact) mass is 330 g/mol. The Morgan fingerprint density at radius 1 is 1.26 bits per heavy atom. The van der Waals surface area contributed by atoms with Gasteiger partial charge in [-0.3, -0.25) is 0 Å². The Kier molecular flexibility index (Phi) is 5.09. The maximum Gasteiger partial charge on any atom is 0.0637 e. The van der Waals surface area contributed by atoms with Crippen LogP contribution in [0.25, 0.3) is 0 Å². The van der Waals surface area contributed by atoms with Gasteiger partial charge in [0.1, 0.15) is 0 Å². The molecule has 1 unspecified atom stereocenters. The number of rotatable bonds is 6. The average molecular weight is 331 g/mol. The summed E-state index contributed by atoms with van der Waals surface area (Å²) in [5.74, 6) is 0. The van der Waals surface area contributed by atoms with Gasteiger partial charge in [0.25, 0.3) is 0 Å². The minimum atomic E-state index is 0.347. The first-order valence-corrected chi connectivity index (χ1v) is 8.40. The third-order valence-electron chi connectivity index (χ3n) is 4.44. The number of anilines is 2. The SMILES string of the molecule is COCCN(C)c1ccc2c(c1)C(Nc1cccc(Cl)c1)CC2. The quantitative estimate of drug-likeness (QED) is 0.842. The molecule has 0 bridgehead atoms. The zero-order valence-corrected chi connectivity index (χ0v) is 14.4. The lowest BCUT2D eigenvalue weighted by molar-refractivity contribution is 0.206. The number of nitrogens with one attached hydrogen (secondary N) is 1. The van der Waals surface area contributed by atoms with E-state index in [1.807, 2.05) is 18.2 Å². The highest BCUT2D eigenvalue weighted by Crippen LogP contribution is 2.36. The second kappa shape index (κ2) is 7.24. The van der Waals surface area contributed by atoms with E-state index in [9.17, 15) is 0 Å². The Morgan fingerprint density at radius 3 is 2.91 bits per heavy atom. The molecule has 0 amide bonds. The molecule has 1 aliphatic carbocycles. The molecule has 0 fully saturated rings. The summed E-state index contributed by atoms with van der Waals surface area (Å²) < 4.78 is 5.17. The van der Waals surface area contributed by atoms with Crippen LogP contribution in [0.3, 0.4) is 0 Å². The van der Waals surface area contributed by atoms with Crippen molar-refractivity contribution in [2.75, 3.05) is 37.5 Å². The van der Waals surface area contributed by atoms with E-state index in [0.717, 1.165) is 36.7 Å². The first kappa shape index (κ1) is 16.2. The van der Waals surface area contributed by atoms with Gasteiger partial charge in [-0.1, -0.05) is 23.7 Å². The molecule has 0 radical (unpaired) electrons. The number of aryl methyl sites for hydroxylation is 1. The van der Waals surface area contributed by atoms with Crippen LogP contribution in [0.5, 0.6) is 0 Å². The summed E-state index contributed by atoms with van der Waals surface area (Å²) in [5.41, 5.74) is 5.15. The van der Waals surface area contributed by atoms with Crippen LogP contribution in [-0.4, -0.2) is 27.3 Å². The van der Waals surface area contributed by atoms with Crippen molar-refractivity contribution in [3.63, 3.8) is 0 Å². The van der Waals surface area contributed by atoms with Crippen molar-refractivity contribution >= 4 is 23.0 Å². The van der Waals surface area contributed by atoms with Gasteiger partial charge in [0.15, 0.2) is 0 Å². The van der Waals surface area contributed by atoms with E-state index in [1.54, 1.807) is 7.11 Å². The molecular formula is C19H23ClN2O. The standard InChI is InChI=1S/C19H23ClN2O/c1-22(10-11-23-2)17-8-6-14-7-9-19(18(14)13-17)21-16-5-3-4-15(20)12-16/h3-6,8,12-13,19,21H,7,9-11H2,1-2H3. The Bertz CT molecular complexity index is 674. The van der Waals surface area contributed by atoms with E-state index in [0.29, 0.717) is 6.04 Å². The van der Waals surface area contributed by atoms with E-state index in [2.05, 4.69) is 41.5 Å². The van der Waals surface area contributed by atoms with Gasteiger partial charge < -0.3 is 15.0 Å². The van der Waals surface area contributed by atoms with Gasteiger partial charge in [-0.25, -0.2) is 0 Å². The van der Waals surface area contributed by atoms with Gasteiger partial charge >= 0.3 is 0 Å². The molecule has 1 N–H and O–H groups in total. The number of likely N-dealkylation sites (N-methyl/N-ethyl adjacent to an activating group) is 1. The number of hydrogen-bond acceptors (Lipinski definition) is 3. The van der Waals surface area contributed by atoms with E-state index < -0.39 is 0 Å². The van der Waals surface area contributed by atoms with Crippen LogP contribution in [0.1, 0.15) is 23.6 Å². The summed E-state index contributed by atoms with van der Waals surface area (Å²) in [7, 11) is 3.84. The summed E-state index contributed by atoms with van der Waals surface area (Å²) in [6.07, 6.45) is 2.24. The van der Waals surface area contributed by atoms with Gasteiger partial charge in [0.05, 0.1) is 12.6 Å². The van der Waals surface area contributed by atoms with E-state index in [4.69, 9.17) is 16.3 Å². The van der Waals surface area contributed by atoms with E-state index in [-0.39, 0.29) is 0 Å². The molecular weight excluding hydrogens is 308 g/mol. The van der Waals surface area contributed by atoms with Crippen molar-refractivity contribution in [1.82, 2.24) is 0 Å². The topological polar surface area (TPSA) is 24.5 Å². The van der Waals surface area contributed by atoms with Crippen LogP contribution < -0.4 is 10.2 Å². The summed E-state index contributed by atoms with van der Waals surface area (Å²) in [6.45, 7) is 1.62. The molecule has 0 aromatic heterocycles. The molecule has 2 aromatic carbocycles. The molecule has 1 atom stereocenters. The van der Waals surface area contributed by atoms with Crippen molar-refractivity contribution in [3.05, 3.63) is 58.6 Å². The molecule has 2 aromatic rings. The number of fused-ring (bicyclic) bond motifs is 1.